The van der Waals surface area contributed by atoms with Gasteiger partial charge in [0.15, 0.2) is 11.6 Å². The van der Waals surface area contributed by atoms with Gasteiger partial charge in [0.25, 0.3) is 0 Å². The topological polar surface area (TPSA) is 99.0 Å². The maximum absolute atomic E-state index is 12.3. The number of rotatable bonds is 9. The molecule has 2 rings (SSSR count). The smallest absolute Gasteiger partial charge is 0.408 e. The number of carbonyl (C=O) groups excluding carboxylic acids is 2. The van der Waals surface area contributed by atoms with Crippen molar-refractivity contribution >= 4 is 23.5 Å². The van der Waals surface area contributed by atoms with Crippen molar-refractivity contribution in [3.05, 3.63) is 41.7 Å². The monoisotopic (exact) mass is 365 g/mol. The number of aromatic nitrogens is 4. The second kappa shape index (κ2) is 9.73. The van der Waals surface area contributed by atoms with Crippen molar-refractivity contribution in [2.75, 3.05) is 5.88 Å². The number of alkyl carbamates (subject to hydrolysis) is 1. The highest BCUT2D eigenvalue weighted by molar-refractivity contribution is 6.17. The molecule has 0 aliphatic rings. The molecule has 0 saturated carbocycles. The van der Waals surface area contributed by atoms with E-state index in [0.717, 1.165) is 5.56 Å². The molecule has 0 spiro atoms. The van der Waals surface area contributed by atoms with Crippen molar-refractivity contribution in [2.45, 2.75) is 39.0 Å². The maximum Gasteiger partial charge on any atom is 0.408 e. The van der Waals surface area contributed by atoms with E-state index in [-0.39, 0.29) is 18.9 Å². The van der Waals surface area contributed by atoms with Crippen molar-refractivity contribution in [3.63, 3.8) is 0 Å². The van der Waals surface area contributed by atoms with E-state index in [2.05, 4.69) is 20.7 Å². The first kappa shape index (κ1) is 18.9. The summed E-state index contributed by atoms with van der Waals surface area (Å²) in [6.45, 7) is 1.87. The molecule has 0 saturated heterocycles. The molecule has 1 N–H and O–H groups in total. The number of tetrazole rings is 1. The number of halogens is 1. The minimum atomic E-state index is -0.675. The lowest BCUT2D eigenvalue weighted by atomic mass is 10.1. The highest BCUT2D eigenvalue weighted by Gasteiger charge is 2.21. The molecule has 1 amide bonds. The average Bonchev–Trinajstić information content (AvgIpc) is 3.06. The number of alkyl halides is 1. The molecule has 0 fully saturated rings. The Kier molecular flexibility index (Phi) is 7.34. The van der Waals surface area contributed by atoms with Crippen LogP contribution in [0.3, 0.4) is 0 Å². The number of hydrogen-bond acceptors (Lipinski definition) is 6. The van der Waals surface area contributed by atoms with E-state index in [0.29, 0.717) is 24.5 Å². The maximum atomic E-state index is 12.3. The van der Waals surface area contributed by atoms with E-state index in [1.54, 1.807) is 6.92 Å². The van der Waals surface area contributed by atoms with Crippen LogP contribution < -0.4 is 5.32 Å². The second-order valence-electron chi connectivity index (χ2n) is 5.31. The highest BCUT2D eigenvalue weighted by atomic mass is 35.5. The molecular formula is C16H20ClN5O3. The van der Waals surface area contributed by atoms with Gasteiger partial charge in [-0.1, -0.05) is 37.3 Å². The predicted octanol–water partition coefficient (Wildman–Crippen LogP) is 1.73. The molecule has 0 radical (unpaired) electrons. The zero-order chi connectivity index (χ0) is 18.1. The first-order valence-corrected chi connectivity index (χ1v) is 8.48. The highest BCUT2D eigenvalue weighted by Crippen LogP contribution is 2.02. The summed E-state index contributed by atoms with van der Waals surface area (Å²) in [4.78, 5) is 25.4. The molecule has 1 aromatic carbocycles. The predicted molar refractivity (Wildman–Crippen MR) is 91.1 cm³/mol. The van der Waals surface area contributed by atoms with Crippen LogP contribution in [0.1, 0.15) is 24.7 Å². The van der Waals surface area contributed by atoms with E-state index in [9.17, 15) is 9.59 Å². The quantitative estimate of drug-likeness (QED) is 0.679. The van der Waals surface area contributed by atoms with E-state index in [1.807, 2.05) is 30.3 Å². The minimum absolute atomic E-state index is 0.0766. The van der Waals surface area contributed by atoms with Gasteiger partial charge < -0.3 is 10.1 Å². The van der Waals surface area contributed by atoms with Gasteiger partial charge in [0.1, 0.15) is 13.2 Å². The third-order valence-corrected chi connectivity index (χ3v) is 3.60. The molecule has 1 unspecified atom stereocenters. The average molecular weight is 366 g/mol. The summed E-state index contributed by atoms with van der Waals surface area (Å²) in [6, 6.07) is 8.63. The number of hydrogen-bond donors (Lipinski definition) is 1. The Morgan fingerprint density at radius 2 is 2.08 bits per heavy atom. The number of Topliss-reactive ketones (excluding diaryl/α,β-unsaturated/α-hetero) is 1. The Morgan fingerprint density at radius 1 is 1.32 bits per heavy atom. The van der Waals surface area contributed by atoms with Crippen LogP contribution in [0.2, 0.25) is 0 Å². The molecule has 8 nitrogen and oxygen atoms in total. The van der Waals surface area contributed by atoms with Crippen molar-refractivity contribution in [2.24, 2.45) is 0 Å². The van der Waals surface area contributed by atoms with E-state index in [4.69, 9.17) is 16.3 Å². The third-order valence-electron chi connectivity index (χ3n) is 3.41. The summed E-state index contributed by atoms with van der Waals surface area (Å²) >= 11 is 5.61. The lowest BCUT2D eigenvalue weighted by Gasteiger charge is -2.15. The van der Waals surface area contributed by atoms with Gasteiger partial charge in [-0.3, -0.25) is 4.79 Å². The second-order valence-corrected chi connectivity index (χ2v) is 5.69. The molecule has 0 bridgehead atoms. The summed E-state index contributed by atoms with van der Waals surface area (Å²) in [6.07, 6.45) is 0.276. The number of benzene rings is 1. The summed E-state index contributed by atoms with van der Waals surface area (Å²) in [5, 5.41) is 14.2. The lowest BCUT2D eigenvalue weighted by Crippen LogP contribution is -2.42. The molecule has 25 heavy (non-hydrogen) atoms. The van der Waals surface area contributed by atoms with Crippen LogP contribution in [-0.2, 0) is 29.1 Å². The van der Waals surface area contributed by atoms with Gasteiger partial charge in [0.05, 0.1) is 6.04 Å². The summed E-state index contributed by atoms with van der Waals surface area (Å²) in [7, 11) is 0. The first-order chi connectivity index (χ1) is 12.1. The normalized spacial score (nSPS) is 11.8. The van der Waals surface area contributed by atoms with Gasteiger partial charge in [0, 0.05) is 12.3 Å². The van der Waals surface area contributed by atoms with Crippen LogP contribution in [0.4, 0.5) is 4.79 Å². The molecule has 1 aromatic heterocycles. The van der Waals surface area contributed by atoms with Gasteiger partial charge in [-0.05, 0) is 17.2 Å². The molecule has 2 aromatic rings. The van der Waals surface area contributed by atoms with Gasteiger partial charge in [0.2, 0.25) is 0 Å². The molecule has 1 heterocycles. The van der Waals surface area contributed by atoms with Crippen LogP contribution in [0.5, 0.6) is 0 Å². The van der Waals surface area contributed by atoms with Crippen LogP contribution in [0.25, 0.3) is 0 Å². The molecular weight excluding hydrogens is 346 g/mol. The van der Waals surface area contributed by atoms with Crippen molar-refractivity contribution in [3.8, 4) is 0 Å². The Hall–Kier alpha value is -2.48. The summed E-state index contributed by atoms with van der Waals surface area (Å²) < 4.78 is 5.13. The number of amides is 1. The van der Waals surface area contributed by atoms with E-state index in [1.165, 1.54) is 4.80 Å². The van der Waals surface area contributed by atoms with Crippen molar-refractivity contribution in [1.82, 2.24) is 25.5 Å². The zero-order valence-electron chi connectivity index (χ0n) is 13.9. The fourth-order valence-corrected chi connectivity index (χ4v) is 2.26. The van der Waals surface area contributed by atoms with Crippen LogP contribution >= 0.6 is 11.6 Å². The largest absolute Gasteiger partial charge is 0.445 e. The van der Waals surface area contributed by atoms with Crippen LogP contribution in [-0.4, -0.2) is 44.0 Å². The molecule has 9 heteroatoms. The van der Waals surface area contributed by atoms with Crippen molar-refractivity contribution in [1.29, 1.82) is 0 Å². The Morgan fingerprint density at radius 3 is 2.76 bits per heavy atom. The molecule has 1 atom stereocenters. The number of nitrogens with zero attached hydrogens (tertiary/aromatic N) is 4. The van der Waals surface area contributed by atoms with Crippen LogP contribution in [0.15, 0.2) is 30.3 Å². The number of ketones is 1. The van der Waals surface area contributed by atoms with Gasteiger partial charge in [-0.2, -0.15) is 4.80 Å². The number of aryl methyl sites for hydroxylation is 1. The summed E-state index contributed by atoms with van der Waals surface area (Å²) in [5.41, 5.74) is 0.871. The standard InChI is InChI=1S/C16H20ClN5O3/c1-2-13(14(23)10-22-20-15(8-9-17)19-21-22)18-16(24)25-11-12-6-4-3-5-7-12/h3-7,13H,2,8-11H2,1H3,(H,18,24). The minimum Gasteiger partial charge on any atom is -0.445 e. The SMILES string of the molecule is CCC(NC(=O)OCc1ccccc1)C(=O)Cn1nnc(CCCl)n1. The molecule has 0 aliphatic heterocycles. The number of nitrogens with one attached hydrogen (secondary N) is 1. The molecule has 134 valence electrons. The fourth-order valence-electron chi connectivity index (χ4n) is 2.09. The van der Waals surface area contributed by atoms with Gasteiger partial charge >= 0.3 is 6.09 Å². The molecule has 0 aliphatic carbocycles. The summed E-state index contributed by atoms with van der Waals surface area (Å²) in [5.74, 6) is 0.631. The number of carbonyl (C=O) groups is 2. The third kappa shape index (κ3) is 6.15. The first-order valence-electron chi connectivity index (χ1n) is 7.95. The van der Waals surface area contributed by atoms with Crippen LogP contribution in [0, 0.1) is 0 Å². The Labute approximate surface area is 150 Å². The Balaban J connectivity index is 1.83. The van der Waals surface area contributed by atoms with Crippen molar-refractivity contribution < 1.29 is 14.3 Å². The van der Waals surface area contributed by atoms with Gasteiger partial charge in [-0.25, -0.2) is 4.79 Å². The van der Waals surface area contributed by atoms with Gasteiger partial charge in [-0.15, -0.1) is 21.8 Å². The van der Waals surface area contributed by atoms with E-state index < -0.39 is 12.1 Å². The fraction of sp³-hybridized carbons (Fsp3) is 0.438. The number of ether oxygens (including phenoxy) is 1. The Bertz CT molecular complexity index is 692. The van der Waals surface area contributed by atoms with E-state index >= 15 is 0 Å². The zero-order valence-corrected chi connectivity index (χ0v) is 14.6. The lowest BCUT2D eigenvalue weighted by molar-refractivity contribution is -0.122.